The van der Waals surface area contributed by atoms with Gasteiger partial charge >= 0.3 is 0 Å². The lowest BCUT2D eigenvalue weighted by Crippen LogP contribution is -2.44. The monoisotopic (exact) mass is 299 g/mol. The van der Waals surface area contributed by atoms with Crippen molar-refractivity contribution in [1.82, 2.24) is 19.5 Å². The second-order valence-corrected chi connectivity index (χ2v) is 6.36. The Bertz CT molecular complexity index is 688. The van der Waals surface area contributed by atoms with Gasteiger partial charge in [0.1, 0.15) is 23.6 Å². The van der Waals surface area contributed by atoms with Crippen molar-refractivity contribution in [3.05, 3.63) is 35.8 Å². The summed E-state index contributed by atoms with van der Waals surface area (Å²) in [7, 11) is 1.93. The number of fused-ring (bicyclic) bond motifs is 1. The Morgan fingerprint density at radius 2 is 1.95 bits per heavy atom. The fourth-order valence-corrected chi connectivity index (χ4v) is 3.74. The van der Waals surface area contributed by atoms with Crippen LogP contribution in [0.15, 0.2) is 18.7 Å². The molecule has 1 N–H and O–H groups in total. The van der Waals surface area contributed by atoms with Crippen LogP contribution in [0.3, 0.4) is 0 Å². The Hall–Kier alpha value is -1.95. The number of rotatable bonds is 2. The van der Waals surface area contributed by atoms with Gasteiger partial charge in [-0.2, -0.15) is 0 Å². The van der Waals surface area contributed by atoms with E-state index in [1.54, 1.807) is 12.5 Å². The van der Waals surface area contributed by atoms with Gasteiger partial charge in [0.2, 0.25) is 0 Å². The summed E-state index contributed by atoms with van der Waals surface area (Å²) in [6, 6.07) is 0. The minimum atomic E-state index is -0.828. The SMILES string of the molecule is Cn1ccnc1C1(O)CCN(c2ncnc3c2CCC3)CC1. The zero-order valence-corrected chi connectivity index (χ0v) is 12.9. The van der Waals surface area contributed by atoms with Gasteiger partial charge in [-0.15, -0.1) is 0 Å². The number of aliphatic hydroxyl groups is 1. The lowest BCUT2D eigenvalue weighted by Gasteiger charge is -2.38. The fraction of sp³-hybridized carbons (Fsp3) is 0.562. The lowest BCUT2D eigenvalue weighted by atomic mass is 9.90. The maximum atomic E-state index is 10.9. The molecule has 0 radical (unpaired) electrons. The van der Waals surface area contributed by atoms with Crippen molar-refractivity contribution in [2.75, 3.05) is 18.0 Å². The maximum Gasteiger partial charge on any atom is 0.140 e. The molecule has 6 nitrogen and oxygen atoms in total. The summed E-state index contributed by atoms with van der Waals surface area (Å²) in [6.45, 7) is 1.60. The second-order valence-electron chi connectivity index (χ2n) is 6.36. The van der Waals surface area contributed by atoms with Gasteiger partial charge in [0.05, 0.1) is 0 Å². The predicted octanol–water partition coefficient (Wildman–Crippen LogP) is 1.19. The molecule has 0 bridgehead atoms. The van der Waals surface area contributed by atoms with Crippen molar-refractivity contribution in [3.8, 4) is 0 Å². The van der Waals surface area contributed by atoms with Crippen LogP contribution in [-0.4, -0.2) is 37.7 Å². The Morgan fingerprint density at radius 1 is 1.14 bits per heavy atom. The third-order valence-corrected chi connectivity index (χ3v) is 4.98. The molecule has 1 aliphatic heterocycles. The largest absolute Gasteiger partial charge is 0.382 e. The average molecular weight is 299 g/mol. The molecule has 0 spiro atoms. The Balaban J connectivity index is 1.56. The molecule has 3 heterocycles. The first-order valence-electron chi connectivity index (χ1n) is 7.95. The van der Waals surface area contributed by atoms with E-state index in [0.717, 1.165) is 37.6 Å². The Kier molecular flexibility index (Phi) is 3.14. The van der Waals surface area contributed by atoms with Gasteiger partial charge in [-0.1, -0.05) is 0 Å². The van der Waals surface area contributed by atoms with Crippen molar-refractivity contribution in [2.45, 2.75) is 37.7 Å². The van der Waals surface area contributed by atoms with E-state index in [1.807, 2.05) is 17.8 Å². The van der Waals surface area contributed by atoms with E-state index < -0.39 is 5.60 Å². The van der Waals surface area contributed by atoms with E-state index in [2.05, 4.69) is 19.9 Å². The third kappa shape index (κ3) is 2.09. The van der Waals surface area contributed by atoms with Crippen molar-refractivity contribution < 1.29 is 5.11 Å². The predicted molar refractivity (Wildman–Crippen MR) is 82.6 cm³/mol. The smallest absolute Gasteiger partial charge is 0.140 e. The molecular weight excluding hydrogens is 278 g/mol. The normalized spacial score (nSPS) is 20.2. The fourth-order valence-electron chi connectivity index (χ4n) is 3.74. The van der Waals surface area contributed by atoms with Gasteiger partial charge in [-0.25, -0.2) is 15.0 Å². The molecule has 0 saturated carbocycles. The van der Waals surface area contributed by atoms with Crippen LogP contribution in [-0.2, 0) is 25.5 Å². The zero-order valence-electron chi connectivity index (χ0n) is 12.9. The third-order valence-electron chi connectivity index (χ3n) is 4.98. The summed E-state index contributed by atoms with van der Waals surface area (Å²) < 4.78 is 1.91. The first kappa shape index (κ1) is 13.7. The quantitative estimate of drug-likeness (QED) is 0.902. The molecule has 2 aromatic rings. The second kappa shape index (κ2) is 5.05. The maximum absolute atomic E-state index is 10.9. The number of piperidine rings is 1. The minimum Gasteiger partial charge on any atom is -0.382 e. The Morgan fingerprint density at radius 3 is 2.68 bits per heavy atom. The van der Waals surface area contributed by atoms with Crippen LogP contribution < -0.4 is 4.90 Å². The first-order chi connectivity index (χ1) is 10.7. The molecule has 1 aliphatic carbocycles. The van der Waals surface area contributed by atoms with E-state index >= 15 is 0 Å². The van der Waals surface area contributed by atoms with Gasteiger partial charge in [-0.3, -0.25) is 0 Å². The van der Waals surface area contributed by atoms with Crippen molar-refractivity contribution in [3.63, 3.8) is 0 Å². The van der Waals surface area contributed by atoms with Crippen molar-refractivity contribution in [1.29, 1.82) is 0 Å². The van der Waals surface area contributed by atoms with E-state index in [0.29, 0.717) is 12.8 Å². The molecule has 2 aromatic heterocycles. The van der Waals surface area contributed by atoms with Gasteiger partial charge in [-0.05, 0) is 19.3 Å². The molecule has 0 amide bonds. The summed E-state index contributed by atoms with van der Waals surface area (Å²) in [5.41, 5.74) is 1.69. The van der Waals surface area contributed by atoms with E-state index in [-0.39, 0.29) is 0 Å². The molecule has 6 heteroatoms. The number of hydrogen-bond acceptors (Lipinski definition) is 5. The number of imidazole rings is 1. The van der Waals surface area contributed by atoms with Crippen molar-refractivity contribution >= 4 is 5.82 Å². The van der Waals surface area contributed by atoms with Crippen LogP contribution in [0.4, 0.5) is 5.82 Å². The number of anilines is 1. The standard InChI is InChI=1S/C16H21N5O/c1-20-10-7-17-15(20)16(22)5-8-21(9-6-16)14-12-3-2-4-13(12)18-11-19-14/h7,10-11,22H,2-6,8-9H2,1H3. The molecule has 116 valence electrons. The molecule has 0 unspecified atom stereocenters. The molecule has 0 aromatic carbocycles. The Labute approximate surface area is 129 Å². The molecular formula is C16H21N5O. The highest BCUT2D eigenvalue weighted by molar-refractivity contribution is 5.51. The topological polar surface area (TPSA) is 67.1 Å². The highest BCUT2D eigenvalue weighted by Gasteiger charge is 2.38. The molecule has 22 heavy (non-hydrogen) atoms. The summed E-state index contributed by atoms with van der Waals surface area (Å²) in [5, 5.41) is 10.9. The highest BCUT2D eigenvalue weighted by Crippen LogP contribution is 2.35. The van der Waals surface area contributed by atoms with Crippen LogP contribution in [0.5, 0.6) is 0 Å². The summed E-state index contributed by atoms with van der Waals surface area (Å²) in [4.78, 5) is 15.5. The number of nitrogens with zero attached hydrogens (tertiary/aromatic N) is 5. The first-order valence-corrected chi connectivity index (χ1v) is 7.95. The minimum absolute atomic E-state index is 0.677. The van der Waals surface area contributed by atoms with Crippen LogP contribution in [0.1, 0.15) is 36.3 Å². The number of aryl methyl sites for hydroxylation is 2. The van der Waals surface area contributed by atoms with E-state index in [4.69, 9.17) is 0 Å². The van der Waals surface area contributed by atoms with Gasteiger partial charge in [0.25, 0.3) is 0 Å². The van der Waals surface area contributed by atoms with Crippen LogP contribution >= 0.6 is 0 Å². The van der Waals surface area contributed by atoms with Gasteiger partial charge in [0, 0.05) is 56.6 Å². The number of aromatic nitrogens is 4. The molecule has 1 saturated heterocycles. The van der Waals surface area contributed by atoms with E-state index in [9.17, 15) is 5.11 Å². The van der Waals surface area contributed by atoms with Gasteiger partial charge < -0.3 is 14.6 Å². The molecule has 0 atom stereocenters. The van der Waals surface area contributed by atoms with E-state index in [1.165, 1.54) is 17.7 Å². The average Bonchev–Trinajstić information content (AvgIpc) is 3.16. The summed E-state index contributed by atoms with van der Waals surface area (Å²) >= 11 is 0. The molecule has 2 aliphatic rings. The van der Waals surface area contributed by atoms with Crippen molar-refractivity contribution in [2.24, 2.45) is 7.05 Å². The van der Waals surface area contributed by atoms with Crippen LogP contribution in [0.2, 0.25) is 0 Å². The highest BCUT2D eigenvalue weighted by atomic mass is 16.3. The summed E-state index contributed by atoms with van der Waals surface area (Å²) in [5.74, 6) is 1.84. The van der Waals surface area contributed by atoms with Crippen LogP contribution in [0.25, 0.3) is 0 Å². The lowest BCUT2D eigenvalue weighted by molar-refractivity contribution is 0.000644. The van der Waals surface area contributed by atoms with Crippen LogP contribution in [0, 0.1) is 0 Å². The molecule has 1 fully saturated rings. The summed E-state index contributed by atoms with van der Waals surface area (Å²) in [6.07, 6.45) is 9.98. The number of hydrogen-bond donors (Lipinski definition) is 1. The zero-order chi connectivity index (χ0) is 15.2. The van der Waals surface area contributed by atoms with Gasteiger partial charge in [0.15, 0.2) is 0 Å². The molecule has 4 rings (SSSR count).